The standard InChI is InChI=1S/C17H28N2O4/c1-7-10-11(12(10)17(20)23-8-2)14-16(22-6)18-13(9(3)4)15(19-14)21-5/h9-14H,7-8H2,1-6H3/t10-,11-,12-,13-,14+/m1/s1. The summed E-state index contributed by atoms with van der Waals surface area (Å²) >= 11 is 0. The Balaban J connectivity index is 2.25. The molecule has 5 atom stereocenters. The fourth-order valence-electron chi connectivity index (χ4n) is 3.50. The van der Waals surface area contributed by atoms with Crippen LogP contribution >= 0.6 is 0 Å². The van der Waals surface area contributed by atoms with Crippen molar-refractivity contribution in [3.05, 3.63) is 0 Å². The molecule has 23 heavy (non-hydrogen) atoms. The van der Waals surface area contributed by atoms with Crippen LogP contribution in [0.25, 0.3) is 0 Å². The van der Waals surface area contributed by atoms with E-state index in [1.807, 2.05) is 6.92 Å². The fourth-order valence-corrected chi connectivity index (χ4v) is 3.50. The summed E-state index contributed by atoms with van der Waals surface area (Å²) in [5.41, 5.74) is 0. The molecule has 1 heterocycles. The van der Waals surface area contributed by atoms with Gasteiger partial charge in [0, 0.05) is 5.92 Å². The molecule has 1 fully saturated rings. The lowest BCUT2D eigenvalue weighted by molar-refractivity contribution is -0.145. The summed E-state index contributed by atoms with van der Waals surface area (Å²) in [5.74, 6) is 1.56. The predicted octanol–water partition coefficient (Wildman–Crippen LogP) is 2.32. The first-order valence-corrected chi connectivity index (χ1v) is 8.40. The van der Waals surface area contributed by atoms with Gasteiger partial charge in [-0.3, -0.25) is 4.79 Å². The summed E-state index contributed by atoms with van der Waals surface area (Å²) in [4.78, 5) is 21.6. The summed E-state index contributed by atoms with van der Waals surface area (Å²) in [5, 5.41) is 0. The first-order valence-electron chi connectivity index (χ1n) is 8.40. The SMILES string of the molecule is CCOC(=O)[C@@H]1[C@H](CC)[C@H]1[C@@H]1N=C(OC)[C@@H](C(C)C)N=C1OC. The Bertz CT molecular complexity index is 501. The molecule has 6 heteroatoms. The lowest BCUT2D eigenvalue weighted by Gasteiger charge is -2.27. The molecule has 0 unspecified atom stereocenters. The zero-order chi connectivity index (χ0) is 17.1. The summed E-state index contributed by atoms with van der Waals surface area (Å²) < 4.78 is 16.1. The van der Waals surface area contributed by atoms with E-state index in [2.05, 4.69) is 25.8 Å². The molecule has 2 aliphatic rings. The minimum absolute atomic E-state index is 0.0796. The van der Waals surface area contributed by atoms with Gasteiger partial charge < -0.3 is 14.2 Å². The number of carbonyl (C=O) groups excluding carboxylic acids is 1. The van der Waals surface area contributed by atoms with Crippen LogP contribution in [0.1, 0.15) is 34.1 Å². The number of hydrogen-bond acceptors (Lipinski definition) is 6. The molecule has 1 saturated carbocycles. The molecular weight excluding hydrogens is 296 g/mol. The van der Waals surface area contributed by atoms with Crippen LogP contribution in [0, 0.1) is 23.7 Å². The maximum absolute atomic E-state index is 12.2. The van der Waals surface area contributed by atoms with Gasteiger partial charge in [0.05, 0.1) is 26.7 Å². The van der Waals surface area contributed by atoms with E-state index >= 15 is 0 Å². The van der Waals surface area contributed by atoms with Crippen LogP contribution in [0.4, 0.5) is 0 Å². The lowest BCUT2D eigenvalue weighted by Crippen LogP contribution is -2.39. The lowest BCUT2D eigenvalue weighted by atomic mass is 10.0. The highest BCUT2D eigenvalue weighted by molar-refractivity contribution is 5.95. The van der Waals surface area contributed by atoms with Gasteiger partial charge in [0.15, 0.2) is 0 Å². The van der Waals surface area contributed by atoms with Gasteiger partial charge in [-0.25, -0.2) is 9.98 Å². The van der Waals surface area contributed by atoms with Gasteiger partial charge in [0.1, 0.15) is 12.1 Å². The van der Waals surface area contributed by atoms with E-state index < -0.39 is 0 Å². The van der Waals surface area contributed by atoms with E-state index in [4.69, 9.17) is 19.2 Å². The summed E-state index contributed by atoms with van der Waals surface area (Å²) in [6.45, 7) is 8.46. The minimum atomic E-state index is -0.260. The van der Waals surface area contributed by atoms with Crippen molar-refractivity contribution in [2.45, 2.75) is 46.2 Å². The molecule has 0 radical (unpaired) electrons. The first-order chi connectivity index (χ1) is 11.0. The fraction of sp³-hybridized carbons (Fsp3) is 0.824. The highest BCUT2D eigenvalue weighted by atomic mass is 16.5. The van der Waals surface area contributed by atoms with Gasteiger partial charge >= 0.3 is 5.97 Å². The van der Waals surface area contributed by atoms with Gasteiger partial charge in [-0.1, -0.05) is 27.2 Å². The zero-order valence-corrected chi connectivity index (χ0v) is 14.9. The molecule has 0 aromatic rings. The molecule has 0 aromatic carbocycles. The van der Waals surface area contributed by atoms with Crippen molar-refractivity contribution in [3.8, 4) is 0 Å². The predicted molar refractivity (Wildman–Crippen MR) is 88.7 cm³/mol. The van der Waals surface area contributed by atoms with Crippen molar-refractivity contribution < 1.29 is 19.0 Å². The second kappa shape index (κ2) is 7.32. The van der Waals surface area contributed by atoms with Crippen LogP contribution in [-0.2, 0) is 19.0 Å². The third kappa shape index (κ3) is 3.35. The molecular formula is C17H28N2O4. The quantitative estimate of drug-likeness (QED) is 0.728. The highest BCUT2D eigenvalue weighted by Crippen LogP contribution is 2.53. The molecule has 0 amide bonds. The average Bonchev–Trinajstić information content (AvgIpc) is 3.27. The maximum Gasteiger partial charge on any atom is 0.309 e. The number of esters is 1. The molecule has 0 spiro atoms. The number of aliphatic imine (C=N–C) groups is 2. The Kier molecular flexibility index (Phi) is 5.65. The van der Waals surface area contributed by atoms with Crippen LogP contribution < -0.4 is 0 Å². The normalized spacial score (nSPS) is 32.9. The monoisotopic (exact) mass is 324 g/mol. The van der Waals surface area contributed by atoms with Crippen molar-refractivity contribution in [2.75, 3.05) is 20.8 Å². The highest BCUT2D eigenvalue weighted by Gasteiger charge is 2.60. The van der Waals surface area contributed by atoms with Crippen molar-refractivity contribution in [3.63, 3.8) is 0 Å². The molecule has 1 aliphatic carbocycles. The van der Waals surface area contributed by atoms with Gasteiger partial charge in [-0.15, -0.1) is 0 Å². The number of nitrogens with zero attached hydrogens (tertiary/aromatic N) is 2. The molecule has 0 aromatic heterocycles. The van der Waals surface area contributed by atoms with Gasteiger partial charge in [0.2, 0.25) is 11.8 Å². The average molecular weight is 324 g/mol. The molecule has 0 N–H and O–H groups in total. The second-order valence-corrected chi connectivity index (χ2v) is 6.40. The Hall–Kier alpha value is -1.59. The van der Waals surface area contributed by atoms with E-state index in [0.717, 1.165) is 6.42 Å². The molecule has 130 valence electrons. The summed E-state index contributed by atoms with van der Waals surface area (Å²) in [6, 6.07) is -0.393. The number of carbonyl (C=O) groups is 1. The Labute approximate surface area is 138 Å². The third-order valence-electron chi connectivity index (χ3n) is 4.71. The maximum atomic E-state index is 12.2. The van der Waals surface area contributed by atoms with E-state index in [1.165, 1.54) is 0 Å². The summed E-state index contributed by atoms with van der Waals surface area (Å²) in [7, 11) is 3.23. The van der Waals surface area contributed by atoms with Crippen molar-refractivity contribution >= 4 is 17.8 Å². The van der Waals surface area contributed by atoms with Crippen LogP contribution in [0.5, 0.6) is 0 Å². The Morgan fingerprint density at radius 2 is 1.78 bits per heavy atom. The molecule has 0 saturated heterocycles. The first kappa shape index (κ1) is 17.8. The number of methoxy groups -OCH3 is 2. The zero-order valence-electron chi connectivity index (χ0n) is 14.9. The molecule has 6 nitrogen and oxygen atoms in total. The Morgan fingerprint density at radius 1 is 1.13 bits per heavy atom. The van der Waals surface area contributed by atoms with Crippen LogP contribution in [0.2, 0.25) is 0 Å². The number of ether oxygens (including phenoxy) is 3. The molecule has 0 bridgehead atoms. The van der Waals surface area contributed by atoms with Gasteiger partial charge in [-0.05, 0) is 18.8 Å². The van der Waals surface area contributed by atoms with Gasteiger partial charge in [-0.2, -0.15) is 0 Å². The Morgan fingerprint density at radius 3 is 2.26 bits per heavy atom. The van der Waals surface area contributed by atoms with Crippen LogP contribution in [-0.4, -0.2) is 50.7 Å². The van der Waals surface area contributed by atoms with Crippen molar-refractivity contribution in [2.24, 2.45) is 33.7 Å². The molecule has 1 aliphatic heterocycles. The van der Waals surface area contributed by atoms with Crippen LogP contribution in [0.3, 0.4) is 0 Å². The van der Waals surface area contributed by atoms with Crippen LogP contribution in [0.15, 0.2) is 9.98 Å². The summed E-state index contributed by atoms with van der Waals surface area (Å²) in [6.07, 6.45) is 0.910. The van der Waals surface area contributed by atoms with Crippen molar-refractivity contribution in [1.82, 2.24) is 0 Å². The van der Waals surface area contributed by atoms with E-state index in [1.54, 1.807) is 14.2 Å². The topological polar surface area (TPSA) is 69.5 Å². The van der Waals surface area contributed by atoms with Gasteiger partial charge in [0.25, 0.3) is 0 Å². The van der Waals surface area contributed by atoms with E-state index in [0.29, 0.717) is 18.4 Å². The number of hydrogen-bond donors (Lipinski definition) is 0. The van der Waals surface area contributed by atoms with E-state index in [9.17, 15) is 4.79 Å². The van der Waals surface area contributed by atoms with Crippen molar-refractivity contribution in [1.29, 1.82) is 0 Å². The van der Waals surface area contributed by atoms with E-state index in [-0.39, 0.29) is 41.7 Å². The molecule has 2 rings (SSSR count). The minimum Gasteiger partial charge on any atom is -0.483 e. The third-order valence-corrected chi connectivity index (χ3v) is 4.71. The number of rotatable bonds is 5. The second-order valence-electron chi connectivity index (χ2n) is 6.40. The smallest absolute Gasteiger partial charge is 0.309 e. The largest absolute Gasteiger partial charge is 0.483 e.